The Balaban J connectivity index is 1.60. The van der Waals surface area contributed by atoms with Crippen LogP contribution in [0.15, 0.2) is 40.9 Å². The molecular weight excluding hydrogens is 408 g/mol. The Morgan fingerprint density at radius 2 is 1.37 bits per heavy atom. The highest BCUT2D eigenvalue weighted by molar-refractivity contribution is 9.10. The number of piperazine rings is 1. The van der Waals surface area contributed by atoms with Gasteiger partial charge in [0.05, 0.1) is 21.3 Å². The number of nitrogens with zero attached hydrogens (tertiary/aromatic N) is 2. The van der Waals surface area contributed by atoms with E-state index in [9.17, 15) is 0 Å². The minimum absolute atomic E-state index is 0.692. The molecule has 5 nitrogen and oxygen atoms in total. The average molecular weight is 435 g/mol. The molecule has 146 valence electrons. The van der Waals surface area contributed by atoms with Crippen LogP contribution in [0.2, 0.25) is 0 Å². The second-order valence-electron chi connectivity index (χ2n) is 6.70. The fraction of sp³-hybridized carbons (Fsp3) is 0.429. The summed E-state index contributed by atoms with van der Waals surface area (Å²) in [4.78, 5) is 4.96. The van der Waals surface area contributed by atoms with Crippen molar-refractivity contribution in [1.29, 1.82) is 0 Å². The predicted octanol–water partition coefficient (Wildman–Crippen LogP) is 3.79. The Bertz CT molecular complexity index is 761. The Morgan fingerprint density at radius 3 is 1.96 bits per heavy atom. The van der Waals surface area contributed by atoms with Gasteiger partial charge >= 0.3 is 0 Å². The minimum atomic E-state index is 0.692. The van der Waals surface area contributed by atoms with Crippen molar-refractivity contribution in [3.8, 4) is 17.2 Å². The lowest BCUT2D eigenvalue weighted by Gasteiger charge is -2.35. The summed E-state index contributed by atoms with van der Waals surface area (Å²) in [5.74, 6) is 2.27. The van der Waals surface area contributed by atoms with Crippen LogP contribution >= 0.6 is 15.9 Å². The van der Waals surface area contributed by atoms with Crippen molar-refractivity contribution in [2.75, 3.05) is 47.5 Å². The van der Waals surface area contributed by atoms with Gasteiger partial charge < -0.3 is 14.2 Å². The highest BCUT2D eigenvalue weighted by Gasteiger charge is 2.20. The molecule has 0 aromatic heterocycles. The lowest BCUT2D eigenvalue weighted by molar-refractivity contribution is 0.121. The fourth-order valence-electron chi connectivity index (χ4n) is 3.46. The van der Waals surface area contributed by atoms with Crippen LogP contribution in [0.4, 0.5) is 0 Å². The first-order valence-corrected chi connectivity index (χ1v) is 9.90. The monoisotopic (exact) mass is 434 g/mol. The van der Waals surface area contributed by atoms with Gasteiger partial charge in [-0.3, -0.25) is 9.80 Å². The molecular formula is C21H27BrN2O3. The van der Waals surface area contributed by atoms with Gasteiger partial charge in [0.1, 0.15) is 5.75 Å². The molecule has 2 aromatic carbocycles. The van der Waals surface area contributed by atoms with Crippen molar-refractivity contribution < 1.29 is 14.2 Å². The third kappa shape index (κ3) is 5.15. The van der Waals surface area contributed by atoms with Crippen molar-refractivity contribution in [1.82, 2.24) is 9.80 Å². The van der Waals surface area contributed by atoms with Gasteiger partial charge in [0.15, 0.2) is 11.5 Å². The Kier molecular flexibility index (Phi) is 6.99. The Hall–Kier alpha value is -1.76. The molecule has 6 heteroatoms. The van der Waals surface area contributed by atoms with Crippen LogP contribution in [0.3, 0.4) is 0 Å². The first-order valence-electron chi connectivity index (χ1n) is 9.11. The normalized spacial score (nSPS) is 15.6. The molecule has 0 unspecified atom stereocenters. The molecule has 1 aliphatic rings. The maximum absolute atomic E-state index is 5.56. The van der Waals surface area contributed by atoms with E-state index < -0.39 is 0 Å². The number of benzene rings is 2. The fourth-order valence-corrected chi connectivity index (χ4v) is 3.90. The van der Waals surface area contributed by atoms with E-state index in [1.54, 1.807) is 21.3 Å². The summed E-state index contributed by atoms with van der Waals surface area (Å²) in [7, 11) is 5.00. The molecule has 0 amide bonds. The van der Waals surface area contributed by atoms with E-state index in [0.717, 1.165) is 60.8 Å². The number of rotatable bonds is 7. The van der Waals surface area contributed by atoms with Crippen LogP contribution in [0.1, 0.15) is 11.1 Å². The minimum Gasteiger partial charge on any atom is -0.496 e. The van der Waals surface area contributed by atoms with Gasteiger partial charge in [-0.05, 0) is 23.8 Å². The highest BCUT2D eigenvalue weighted by Crippen LogP contribution is 2.35. The van der Waals surface area contributed by atoms with E-state index >= 15 is 0 Å². The quantitative estimate of drug-likeness (QED) is 0.661. The molecule has 1 saturated heterocycles. The van der Waals surface area contributed by atoms with E-state index in [1.807, 2.05) is 12.1 Å². The van der Waals surface area contributed by atoms with Gasteiger partial charge in [-0.15, -0.1) is 0 Å². The maximum Gasteiger partial charge on any atom is 0.164 e. The topological polar surface area (TPSA) is 34.2 Å². The zero-order valence-electron chi connectivity index (χ0n) is 16.2. The van der Waals surface area contributed by atoms with Crippen molar-refractivity contribution >= 4 is 15.9 Å². The Morgan fingerprint density at radius 1 is 0.778 bits per heavy atom. The molecule has 0 atom stereocenters. The van der Waals surface area contributed by atoms with Gasteiger partial charge in [0.2, 0.25) is 0 Å². The van der Waals surface area contributed by atoms with Crippen LogP contribution in [-0.2, 0) is 13.1 Å². The molecule has 0 saturated carbocycles. The predicted molar refractivity (Wildman–Crippen MR) is 111 cm³/mol. The second kappa shape index (κ2) is 9.44. The van der Waals surface area contributed by atoms with E-state index in [1.165, 1.54) is 5.56 Å². The Labute approximate surface area is 169 Å². The largest absolute Gasteiger partial charge is 0.496 e. The van der Waals surface area contributed by atoms with Gasteiger partial charge in [-0.25, -0.2) is 0 Å². The number of ether oxygens (including phenoxy) is 3. The average Bonchev–Trinajstić information content (AvgIpc) is 2.69. The lowest BCUT2D eigenvalue weighted by atomic mass is 10.1. The van der Waals surface area contributed by atoms with E-state index in [-0.39, 0.29) is 0 Å². The summed E-state index contributed by atoms with van der Waals surface area (Å²) in [6.45, 7) is 6.02. The zero-order valence-corrected chi connectivity index (χ0v) is 17.8. The molecule has 0 spiro atoms. The lowest BCUT2D eigenvalue weighted by Crippen LogP contribution is -2.45. The first kappa shape index (κ1) is 20.0. The van der Waals surface area contributed by atoms with E-state index in [0.29, 0.717) is 5.75 Å². The molecule has 0 aliphatic carbocycles. The smallest absolute Gasteiger partial charge is 0.164 e. The molecule has 1 aliphatic heterocycles. The molecule has 3 rings (SSSR count). The van der Waals surface area contributed by atoms with Crippen molar-refractivity contribution in [3.63, 3.8) is 0 Å². The number of halogens is 1. The van der Waals surface area contributed by atoms with Crippen LogP contribution in [0.25, 0.3) is 0 Å². The number of hydrogen-bond acceptors (Lipinski definition) is 5. The van der Waals surface area contributed by atoms with E-state index in [2.05, 4.69) is 50.0 Å². The third-order valence-corrected chi connectivity index (χ3v) is 5.43. The maximum atomic E-state index is 5.56. The number of hydrogen-bond donors (Lipinski definition) is 0. The zero-order chi connectivity index (χ0) is 19.2. The second-order valence-corrected chi connectivity index (χ2v) is 7.62. The molecule has 0 N–H and O–H groups in total. The first-order chi connectivity index (χ1) is 13.1. The van der Waals surface area contributed by atoms with E-state index in [4.69, 9.17) is 14.2 Å². The molecule has 2 aromatic rings. The SMILES string of the molecule is COc1cc(OC)c(OC)cc1CN1CCN(Cc2cccc(Br)c2)CC1. The standard InChI is InChI=1S/C21H27BrN2O3/c1-25-19-13-21(27-3)20(26-2)12-17(19)15-24-9-7-23(8-10-24)14-16-5-4-6-18(22)11-16/h4-6,11-13H,7-10,14-15H2,1-3H3. The van der Waals surface area contributed by atoms with Crippen molar-refractivity contribution in [3.05, 3.63) is 52.0 Å². The summed E-state index contributed by atoms with van der Waals surface area (Å²) in [5.41, 5.74) is 2.47. The van der Waals surface area contributed by atoms with Crippen molar-refractivity contribution in [2.45, 2.75) is 13.1 Å². The van der Waals surface area contributed by atoms with Crippen LogP contribution in [0, 0.1) is 0 Å². The summed E-state index contributed by atoms with van der Waals surface area (Å²) in [6.07, 6.45) is 0. The van der Waals surface area contributed by atoms with Gasteiger partial charge in [0.25, 0.3) is 0 Å². The highest BCUT2D eigenvalue weighted by atomic mass is 79.9. The molecule has 1 fully saturated rings. The van der Waals surface area contributed by atoms with Crippen LogP contribution in [-0.4, -0.2) is 57.3 Å². The molecule has 0 bridgehead atoms. The summed E-state index contributed by atoms with van der Waals surface area (Å²) in [6, 6.07) is 12.5. The van der Waals surface area contributed by atoms with Gasteiger partial charge in [0, 0.05) is 55.4 Å². The van der Waals surface area contributed by atoms with Crippen LogP contribution < -0.4 is 14.2 Å². The van der Waals surface area contributed by atoms with Gasteiger partial charge in [-0.2, -0.15) is 0 Å². The summed E-state index contributed by atoms with van der Waals surface area (Å²) < 4.78 is 17.5. The molecule has 27 heavy (non-hydrogen) atoms. The van der Waals surface area contributed by atoms with Crippen molar-refractivity contribution in [2.24, 2.45) is 0 Å². The molecule has 0 radical (unpaired) electrons. The number of methoxy groups -OCH3 is 3. The third-order valence-electron chi connectivity index (χ3n) is 4.94. The summed E-state index contributed by atoms with van der Waals surface area (Å²) in [5, 5.41) is 0. The molecule has 1 heterocycles. The van der Waals surface area contributed by atoms with Crippen LogP contribution in [0.5, 0.6) is 17.2 Å². The summed E-state index contributed by atoms with van der Waals surface area (Å²) >= 11 is 3.55. The van der Waals surface area contributed by atoms with Gasteiger partial charge in [-0.1, -0.05) is 28.1 Å².